The van der Waals surface area contributed by atoms with Crippen molar-refractivity contribution in [2.24, 2.45) is 0 Å². The van der Waals surface area contributed by atoms with E-state index in [0.29, 0.717) is 22.0 Å². The molecule has 7 heteroatoms. The van der Waals surface area contributed by atoms with E-state index in [0.717, 1.165) is 0 Å². The van der Waals surface area contributed by atoms with Crippen LogP contribution in [0.25, 0.3) is 5.41 Å². The highest BCUT2D eigenvalue weighted by Gasteiger charge is 2.36. The van der Waals surface area contributed by atoms with Crippen molar-refractivity contribution in [1.82, 2.24) is 5.32 Å². The van der Waals surface area contributed by atoms with Crippen molar-refractivity contribution in [2.45, 2.75) is 45.4 Å². The van der Waals surface area contributed by atoms with Crippen molar-refractivity contribution in [1.29, 1.82) is 0 Å². The molecule has 1 aromatic rings. The van der Waals surface area contributed by atoms with Crippen molar-refractivity contribution < 1.29 is 19.3 Å². The third-order valence-corrected chi connectivity index (χ3v) is 4.86. The Balaban J connectivity index is 0.000000313. The number of rotatable bonds is 3. The van der Waals surface area contributed by atoms with Gasteiger partial charge in [-0.05, 0) is 51.7 Å². The quantitative estimate of drug-likeness (QED) is 0.359. The smallest absolute Gasteiger partial charge is 0.336 e. The fourth-order valence-corrected chi connectivity index (χ4v) is 3.52. The van der Waals surface area contributed by atoms with Crippen molar-refractivity contribution in [2.75, 3.05) is 19.7 Å². The molecule has 1 unspecified atom stereocenters. The topological polar surface area (TPSA) is 90.4 Å². The number of thiocarbonyl (C=S) groups is 1. The lowest BCUT2D eigenvalue weighted by molar-refractivity contribution is -0.653. The Hall–Kier alpha value is -2.21. The zero-order valence-electron chi connectivity index (χ0n) is 15.9. The molecule has 2 aliphatic rings. The van der Waals surface area contributed by atoms with Gasteiger partial charge in [-0.3, -0.25) is 5.87 Å². The molecule has 3 heterocycles. The Morgan fingerprint density at radius 2 is 2.11 bits per heavy atom. The van der Waals surface area contributed by atoms with Crippen molar-refractivity contribution >= 4 is 29.0 Å². The molecule has 0 bridgehead atoms. The van der Waals surface area contributed by atoms with Crippen LogP contribution in [-0.4, -0.2) is 36.5 Å². The molecule has 0 radical (unpaired) electrons. The molecule has 3 rings (SSSR count). The molecule has 1 atom stereocenters. The molecule has 146 valence electrons. The number of hydrogen-bond donors (Lipinski definition) is 2. The summed E-state index contributed by atoms with van der Waals surface area (Å²) in [5, 5.41) is 14.6. The van der Waals surface area contributed by atoms with Crippen LogP contribution in [-0.2, 0) is 9.53 Å². The maximum absolute atomic E-state index is 12.2. The number of furan rings is 1. The van der Waals surface area contributed by atoms with E-state index in [2.05, 4.69) is 16.5 Å². The van der Waals surface area contributed by atoms with Crippen LogP contribution in [0.1, 0.15) is 51.2 Å². The lowest BCUT2D eigenvalue weighted by Gasteiger charge is -2.28. The molecule has 0 spiro atoms. The first-order chi connectivity index (χ1) is 13.1. The molecule has 0 saturated carbocycles. The fourth-order valence-electron chi connectivity index (χ4n) is 3.21. The zero-order chi connectivity index (χ0) is 19.6. The standard InChI is InChI=1S/C14H13N2O3S.C6H13N/c1-3-18-14(17)11-8(2)16-13(20)9(7-15)12(11)10-5-4-6-19-10;1-2-4-6-7-5-3-1/h4-6,12H,3H2,1-2H3,(H,16,20);7H,1-6H2/q-1;/p+1. The highest BCUT2D eigenvalue weighted by atomic mass is 32.1. The predicted octanol–water partition coefficient (Wildman–Crippen LogP) is 2.42. The van der Waals surface area contributed by atoms with Gasteiger partial charge in [0.05, 0.1) is 37.5 Å². The lowest BCUT2D eigenvalue weighted by atomic mass is 9.85. The van der Waals surface area contributed by atoms with Crippen LogP contribution in [0.15, 0.2) is 39.7 Å². The Kier molecular flexibility index (Phi) is 8.45. The highest BCUT2D eigenvalue weighted by molar-refractivity contribution is 7.80. The van der Waals surface area contributed by atoms with Gasteiger partial charge < -0.3 is 25.2 Å². The van der Waals surface area contributed by atoms with E-state index in [1.54, 1.807) is 26.0 Å². The van der Waals surface area contributed by atoms with E-state index >= 15 is 0 Å². The number of nitrogens with two attached hydrogens (primary N) is 1. The molecule has 1 fully saturated rings. The van der Waals surface area contributed by atoms with E-state index in [1.807, 2.05) is 0 Å². The Morgan fingerprint density at radius 1 is 1.41 bits per heavy atom. The Labute approximate surface area is 165 Å². The summed E-state index contributed by atoms with van der Waals surface area (Å²) in [4.78, 5) is 12.5. The summed E-state index contributed by atoms with van der Waals surface area (Å²) in [6.07, 6.45) is 7.32. The number of carbonyl (C=O) groups excluding carboxylic acids is 1. The first-order valence-corrected chi connectivity index (χ1v) is 9.82. The highest BCUT2D eigenvalue weighted by Crippen LogP contribution is 2.36. The fraction of sp³-hybridized carbons (Fsp3) is 0.500. The van der Waals surface area contributed by atoms with Crippen LogP contribution in [0, 0.1) is 0 Å². The molecule has 1 saturated heterocycles. The lowest BCUT2D eigenvalue weighted by Crippen LogP contribution is -2.83. The minimum atomic E-state index is -0.622. The summed E-state index contributed by atoms with van der Waals surface area (Å²) in [5.41, 5.74) is 1.21. The molecule has 6 nitrogen and oxygen atoms in total. The van der Waals surface area contributed by atoms with Crippen LogP contribution in [0.4, 0.5) is 0 Å². The van der Waals surface area contributed by atoms with Crippen LogP contribution in [0.2, 0.25) is 0 Å². The van der Waals surface area contributed by atoms with Crippen molar-refractivity contribution in [3.05, 3.63) is 46.4 Å². The largest absolute Gasteiger partial charge is 0.763 e. The van der Waals surface area contributed by atoms with Crippen LogP contribution in [0.3, 0.4) is 0 Å². The van der Waals surface area contributed by atoms with E-state index in [4.69, 9.17) is 21.4 Å². The number of quaternary nitrogens is 1. The van der Waals surface area contributed by atoms with Crippen LogP contribution in [0.5, 0.6) is 0 Å². The van der Waals surface area contributed by atoms with Gasteiger partial charge in [0.2, 0.25) is 0 Å². The normalized spacial score (nSPS) is 20.0. The molecule has 0 aliphatic carbocycles. The Bertz CT molecular complexity index is 714. The minimum Gasteiger partial charge on any atom is -0.763 e. The molecule has 3 N–H and O–H groups in total. The number of nitrogens with zero attached hydrogens (tertiary/aromatic N) is 1. The molecule has 27 heavy (non-hydrogen) atoms. The molecular formula is C20H27N3O3S. The van der Waals surface area contributed by atoms with E-state index in [1.165, 1.54) is 45.0 Å². The van der Waals surface area contributed by atoms with Crippen molar-refractivity contribution in [3.63, 3.8) is 0 Å². The van der Waals surface area contributed by atoms with Gasteiger partial charge in [-0.25, -0.2) is 4.79 Å². The number of hydrogen-bond acceptors (Lipinski definition) is 4. The number of ether oxygens (including phenoxy) is 1. The summed E-state index contributed by atoms with van der Waals surface area (Å²) >= 11 is 5.16. The van der Waals surface area contributed by atoms with Gasteiger partial charge in [-0.15, -0.1) is 0 Å². The Morgan fingerprint density at radius 3 is 2.67 bits per heavy atom. The molecule has 2 aliphatic heterocycles. The SMILES string of the molecule is C1CCC[NH2+]CC1.CCOC(=O)C1=C(C)NC(=S)C(=C=[N-])C1c1ccco1. The van der Waals surface area contributed by atoms with Gasteiger partial charge in [-0.2, -0.15) is 0 Å². The second-order valence-electron chi connectivity index (χ2n) is 6.47. The predicted molar refractivity (Wildman–Crippen MR) is 109 cm³/mol. The van der Waals surface area contributed by atoms with Crippen LogP contribution < -0.4 is 10.6 Å². The first kappa shape index (κ1) is 21.1. The second-order valence-corrected chi connectivity index (χ2v) is 6.88. The molecule has 0 amide bonds. The van der Waals surface area contributed by atoms with Gasteiger partial charge >= 0.3 is 5.97 Å². The van der Waals surface area contributed by atoms with Gasteiger partial charge in [0, 0.05) is 11.3 Å². The van der Waals surface area contributed by atoms with Gasteiger partial charge in [0.25, 0.3) is 0 Å². The molecule has 0 aromatic carbocycles. The summed E-state index contributed by atoms with van der Waals surface area (Å²) in [7, 11) is 0. The van der Waals surface area contributed by atoms with Gasteiger partial charge in [0.15, 0.2) is 0 Å². The number of esters is 1. The second kappa shape index (κ2) is 10.8. The van der Waals surface area contributed by atoms with Crippen LogP contribution >= 0.6 is 12.2 Å². The van der Waals surface area contributed by atoms with Gasteiger partial charge in [0.1, 0.15) is 10.7 Å². The summed E-state index contributed by atoms with van der Waals surface area (Å²) in [6, 6.07) is 3.41. The summed E-state index contributed by atoms with van der Waals surface area (Å²) < 4.78 is 10.4. The van der Waals surface area contributed by atoms with E-state index in [9.17, 15) is 10.2 Å². The average Bonchev–Trinajstić information content (AvgIpc) is 3.01. The third kappa shape index (κ3) is 5.63. The maximum Gasteiger partial charge on any atom is 0.336 e. The van der Waals surface area contributed by atoms with E-state index in [-0.39, 0.29) is 12.2 Å². The van der Waals surface area contributed by atoms with Gasteiger partial charge in [-0.1, -0.05) is 12.2 Å². The monoisotopic (exact) mass is 389 g/mol. The maximum atomic E-state index is 12.2. The van der Waals surface area contributed by atoms with Crippen molar-refractivity contribution in [3.8, 4) is 0 Å². The zero-order valence-corrected chi connectivity index (χ0v) is 16.7. The minimum absolute atomic E-state index is 0.257. The summed E-state index contributed by atoms with van der Waals surface area (Å²) in [6.45, 7) is 6.46. The van der Waals surface area contributed by atoms with E-state index < -0.39 is 11.9 Å². The first-order valence-electron chi connectivity index (χ1n) is 9.41. The average molecular weight is 390 g/mol. The molecule has 1 aromatic heterocycles. The third-order valence-electron chi connectivity index (χ3n) is 4.54. The molecular weight excluding hydrogens is 362 g/mol. The number of allylic oxidation sites excluding steroid dienone is 1. The number of carbonyl (C=O) groups is 1. The summed E-state index contributed by atoms with van der Waals surface area (Å²) in [5.74, 6) is 1.44. The number of nitrogens with one attached hydrogen (secondary N) is 1.